The maximum Gasteiger partial charge on any atom is 0.251 e. The summed E-state index contributed by atoms with van der Waals surface area (Å²) in [6, 6.07) is 9.21. The van der Waals surface area contributed by atoms with Gasteiger partial charge in [-0.05, 0) is 29.8 Å². The van der Waals surface area contributed by atoms with Crippen LogP contribution in [0.25, 0.3) is 5.52 Å². The number of aromatic nitrogens is 2. The third-order valence-electron chi connectivity index (χ3n) is 3.57. The molecule has 6 nitrogen and oxygen atoms in total. The lowest BCUT2D eigenvalue weighted by Gasteiger charge is -2.07. The Hall–Kier alpha value is -3.02. The number of carbonyl (C=O) groups excluding carboxylic acids is 1. The summed E-state index contributed by atoms with van der Waals surface area (Å²) >= 11 is 0. The molecule has 0 fully saturated rings. The topological polar surface area (TPSA) is 64.9 Å². The van der Waals surface area contributed by atoms with Crippen molar-refractivity contribution < 1.29 is 14.3 Å². The quantitative estimate of drug-likeness (QED) is 0.802. The Kier molecular flexibility index (Phi) is 2.93. The number of ether oxygens (including phenoxy) is 2. The summed E-state index contributed by atoms with van der Waals surface area (Å²) in [5.41, 5.74) is 2.45. The molecule has 0 aliphatic carbocycles. The van der Waals surface area contributed by atoms with Gasteiger partial charge in [0.15, 0.2) is 11.5 Å². The van der Waals surface area contributed by atoms with Gasteiger partial charge in [-0.1, -0.05) is 6.07 Å². The lowest BCUT2D eigenvalue weighted by atomic mass is 10.2. The molecule has 6 heteroatoms. The molecule has 22 heavy (non-hydrogen) atoms. The fraction of sp³-hybridized carbons (Fsp3) is 0.125. The minimum Gasteiger partial charge on any atom is -0.454 e. The minimum atomic E-state index is -0.124. The van der Waals surface area contributed by atoms with Crippen molar-refractivity contribution in [3.05, 3.63) is 60.2 Å². The molecule has 0 saturated carbocycles. The number of imidazole rings is 1. The molecule has 3 heterocycles. The van der Waals surface area contributed by atoms with Crippen molar-refractivity contribution in [2.24, 2.45) is 0 Å². The van der Waals surface area contributed by atoms with Crippen LogP contribution in [0.5, 0.6) is 11.5 Å². The molecule has 4 rings (SSSR count). The van der Waals surface area contributed by atoms with E-state index in [2.05, 4.69) is 10.3 Å². The van der Waals surface area contributed by atoms with Crippen LogP contribution in [0.15, 0.2) is 49.1 Å². The van der Waals surface area contributed by atoms with Crippen molar-refractivity contribution >= 4 is 11.4 Å². The zero-order valence-corrected chi connectivity index (χ0v) is 11.7. The van der Waals surface area contributed by atoms with Crippen LogP contribution < -0.4 is 14.8 Å². The van der Waals surface area contributed by atoms with Crippen molar-refractivity contribution in [1.82, 2.24) is 14.7 Å². The Labute approximate surface area is 126 Å². The lowest BCUT2D eigenvalue weighted by molar-refractivity contribution is 0.0951. The maximum atomic E-state index is 12.2. The molecule has 0 saturated heterocycles. The molecule has 1 amide bonds. The van der Waals surface area contributed by atoms with Crippen molar-refractivity contribution in [2.75, 3.05) is 6.79 Å². The maximum absolute atomic E-state index is 12.2. The Morgan fingerprint density at radius 2 is 2.14 bits per heavy atom. The third-order valence-corrected chi connectivity index (χ3v) is 3.57. The smallest absolute Gasteiger partial charge is 0.251 e. The highest BCUT2D eigenvalue weighted by Gasteiger charge is 2.13. The highest BCUT2D eigenvalue weighted by molar-refractivity contribution is 5.95. The Bertz CT molecular complexity index is 857. The number of benzene rings is 1. The Balaban J connectivity index is 1.47. The molecule has 1 aliphatic heterocycles. The summed E-state index contributed by atoms with van der Waals surface area (Å²) in [6.45, 7) is 0.677. The second kappa shape index (κ2) is 5.07. The van der Waals surface area contributed by atoms with E-state index < -0.39 is 0 Å². The predicted molar refractivity (Wildman–Crippen MR) is 78.9 cm³/mol. The van der Waals surface area contributed by atoms with Crippen LogP contribution in [0.1, 0.15) is 15.9 Å². The van der Waals surface area contributed by atoms with Gasteiger partial charge in [-0.25, -0.2) is 4.98 Å². The van der Waals surface area contributed by atoms with Crippen molar-refractivity contribution in [3.63, 3.8) is 0 Å². The second-order valence-corrected chi connectivity index (χ2v) is 5.01. The monoisotopic (exact) mass is 295 g/mol. The molecular formula is C16H13N3O3. The Morgan fingerprint density at radius 3 is 3.09 bits per heavy atom. The van der Waals surface area contributed by atoms with Gasteiger partial charge in [0.25, 0.3) is 5.91 Å². The highest BCUT2D eigenvalue weighted by atomic mass is 16.7. The van der Waals surface area contributed by atoms with Crippen LogP contribution in [0.2, 0.25) is 0 Å². The average molecular weight is 295 g/mol. The van der Waals surface area contributed by atoms with Crippen LogP contribution in [0.4, 0.5) is 0 Å². The number of hydrogen-bond acceptors (Lipinski definition) is 4. The van der Waals surface area contributed by atoms with Crippen LogP contribution in [0.3, 0.4) is 0 Å². The fourth-order valence-corrected chi connectivity index (χ4v) is 2.40. The first-order valence-corrected chi connectivity index (χ1v) is 6.88. The van der Waals surface area contributed by atoms with Gasteiger partial charge >= 0.3 is 0 Å². The number of nitrogens with zero attached hydrogens (tertiary/aromatic N) is 2. The summed E-state index contributed by atoms with van der Waals surface area (Å²) in [5, 5.41) is 2.90. The normalized spacial score (nSPS) is 12.5. The SMILES string of the molecule is O=C(NCc1ccc2c(c1)OCO2)c1ccn2cncc2c1. The first-order chi connectivity index (χ1) is 10.8. The molecule has 1 aromatic carbocycles. The first-order valence-electron chi connectivity index (χ1n) is 6.88. The third kappa shape index (κ3) is 2.24. The summed E-state index contributed by atoms with van der Waals surface area (Å²) in [7, 11) is 0. The van der Waals surface area contributed by atoms with E-state index in [0.29, 0.717) is 17.9 Å². The Morgan fingerprint density at radius 1 is 1.23 bits per heavy atom. The summed E-state index contributed by atoms with van der Waals surface area (Å²) in [4.78, 5) is 16.3. The van der Waals surface area contributed by atoms with E-state index in [1.54, 1.807) is 18.6 Å². The number of fused-ring (bicyclic) bond motifs is 2. The molecule has 3 aromatic rings. The van der Waals surface area contributed by atoms with Gasteiger partial charge in [-0.15, -0.1) is 0 Å². The number of carbonyl (C=O) groups is 1. The van der Waals surface area contributed by atoms with Crippen LogP contribution in [-0.4, -0.2) is 22.1 Å². The van der Waals surface area contributed by atoms with Gasteiger partial charge < -0.3 is 19.2 Å². The van der Waals surface area contributed by atoms with Gasteiger partial charge in [0.05, 0.1) is 18.0 Å². The van der Waals surface area contributed by atoms with E-state index in [1.807, 2.05) is 34.9 Å². The number of nitrogens with one attached hydrogen (secondary N) is 1. The number of pyridine rings is 1. The largest absolute Gasteiger partial charge is 0.454 e. The lowest BCUT2D eigenvalue weighted by Crippen LogP contribution is -2.22. The fourth-order valence-electron chi connectivity index (χ4n) is 2.40. The zero-order chi connectivity index (χ0) is 14.9. The molecule has 0 atom stereocenters. The molecule has 0 spiro atoms. The van der Waals surface area contributed by atoms with Gasteiger partial charge in [0.2, 0.25) is 6.79 Å². The molecule has 0 unspecified atom stereocenters. The summed E-state index contributed by atoms with van der Waals surface area (Å²) in [6.07, 6.45) is 5.23. The average Bonchev–Trinajstić information content (AvgIpc) is 3.19. The van der Waals surface area contributed by atoms with E-state index >= 15 is 0 Å². The van der Waals surface area contributed by atoms with Crippen molar-refractivity contribution in [2.45, 2.75) is 6.54 Å². The van der Waals surface area contributed by atoms with E-state index in [-0.39, 0.29) is 12.7 Å². The minimum absolute atomic E-state index is 0.124. The number of amides is 1. The van der Waals surface area contributed by atoms with E-state index in [1.165, 1.54) is 0 Å². The van der Waals surface area contributed by atoms with Gasteiger partial charge in [0, 0.05) is 18.3 Å². The molecule has 110 valence electrons. The first kappa shape index (κ1) is 12.7. The van der Waals surface area contributed by atoms with E-state index in [0.717, 1.165) is 16.8 Å². The van der Waals surface area contributed by atoms with E-state index in [9.17, 15) is 4.79 Å². The van der Waals surface area contributed by atoms with Gasteiger partial charge in [-0.3, -0.25) is 4.79 Å². The molecule has 1 N–H and O–H groups in total. The predicted octanol–water partition coefficient (Wildman–Crippen LogP) is 1.99. The number of rotatable bonds is 3. The van der Waals surface area contributed by atoms with Crippen LogP contribution >= 0.6 is 0 Å². The highest BCUT2D eigenvalue weighted by Crippen LogP contribution is 2.32. The van der Waals surface area contributed by atoms with Crippen LogP contribution in [0, 0.1) is 0 Å². The van der Waals surface area contributed by atoms with Crippen LogP contribution in [-0.2, 0) is 6.54 Å². The molecular weight excluding hydrogens is 282 g/mol. The molecule has 1 aliphatic rings. The standard InChI is InChI=1S/C16H13N3O3/c20-16(12-3-4-19-9-17-8-13(19)6-12)18-7-11-1-2-14-15(5-11)22-10-21-14/h1-6,8-9H,7,10H2,(H,18,20). The van der Waals surface area contributed by atoms with Crippen molar-refractivity contribution in [1.29, 1.82) is 0 Å². The molecule has 2 aromatic heterocycles. The van der Waals surface area contributed by atoms with Crippen molar-refractivity contribution in [3.8, 4) is 11.5 Å². The second-order valence-electron chi connectivity index (χ2n) is 5.01. The van der Waals surface area contributed by atoms with Gasteiger partial charge in [0.1, 0.15) is 0 Å². The summed E-state index contributed by atoms with van der Waals surface area (Å²) < 4.78 is 12.4. The number of hydrogen-bond donors (Lipinski definition) is 1. The van der Waals surface area contributed by atoms with E-state index in [4.69, 9.17) is 9.47 Å². The molecule has 0 bridgehead atoms. The van der Waals surface area contributed by atoms with Gasteiger partial charge in [-0.2, -0.15) is 0 Å². The molecule has 0 radical (unpaired) electrons. The zero-order valence-electron chi connectivity index (χ0n) is 11.7. The summed E-state index contributed by atoms with van der Waals surface area (Å²) in [5.74, 6) is 1.33.